The van der Waals surface area contributed by atoms with Crippen LogP contribution >= 0.6 is 11.8 Å². The van der Waals surface area contributed by atoms with Crippen molar-refractivity contribution >= 4 is 46.9 Å². The third-order valence-electron chi connectivity index (χ3n) is 6.57. The molecule has 43 heavy (non-hydrogen) atoms. The number of rotatable bonds is 11. The second-order valence-corrected chi connectivity index (χ2v) is 11.6. The van der Waals surface area contributed by atoms with E-state index in [0.717, 1.165) is 10.6 Å². The fourth-order valence-electron chi connectivity index (χ4n) is 4.11. The smallest absolute Gasteiger partial charge is 0.272 e. The summed E-state index contributed by atoms with van der Waals surface area (Å²) in [4.78, 5) is 39.9. The van der Waals surface area contributed by atoms with Gasteiger partial charge in [0.2, 0.25) is 5.91 Å². The minimum atomic E-state index is -0.483. The molecule has 3 amide bonds. The van der Waals surface area contributed by atoms with Crippen LogP contribution in [0.5, 0.6) is 5.75 Å². The van der Waals surface area contributed by atoms with Gasteiger partial charge in [-0.05, 0) is 90.7 Å². The third kappa shape index (κ3) is 9.08. The van der Waals surface area contributed by atoms with Crippen molar-refractivity contribution in [3.8, 4) is 5.75 Å². The molecule has 220 valence electrons. The predicted molar refractivity (Wildman–Crippen MR) is 174 cm³/mol. The number of hydrogen-bond donors (Lipinski definition) is 3. The molecule has 0 fully saturated rings. The minimum absolute atomic E-state index is 0.0762. The van der Waals surface area contributed by atoms with Crippen LogP contribution in [0, 0.1) is 0 Å². The maximum absolute atomic E-state index is 13.3. The number of thioether (sulfide) groups is 1. The Morgan fingerprint density at radius 2 is 1.42 bits per heavy atom. The molecule has 0 aromatic heterocycles. The first-order chi connectivity index (χ1) is 20.7. The molecule has 4 aromatic carbocycles. The number of nitrogens with one attached hydrogen (secondary N) is 3. The van der Waals surface area contributed by atoms with Crippen LogP contribution in [0.4, 0.5) is 11.4 Å². The van der Waals surface area contributed by atoms with Crippen LogP contribution in [-0.4, -0.2) is 30.1 Å². The van der Waals surface area contributed by atoms with E-state index < -0.39 is 11.8 Å². The molecule has 0 aliphatic carbocycles. The van der Waals surface area contributed by atoms with Crippen molar-refractivity contribution in [2.45, 2.75) is 36.8 Å². The topological polar surface area (TPSA) is 96.5 Å². The van der Waals surface area contributed by atoms with Gasteiger partial charge in [-0.1, -0.05) is 56.3 Å². The van der Waals surface area contributed by atoms with Crippen molar-refractivity contribution in [3.05, 3.63) is 126 Å². The predicted octanol–water partition coefficient (Wildman–Crippen LogP) is 7.35. The summed E-state index contributed by atoms with van der Waals surface area (Å²) < 4.78 is 5.29. The molecular formula is C35H35N3O4S. The Bertz CT molecular complexity index is 1580. The maximum atomic E-state index is 13.3. The number of ether oxygens (including phenoxy) is 1. The van der Waals surface area contributed by atoms with Crippen molar-refractivity contribution in [1.82, 2.24) is 5.32 Å². The van der Waals surface area contributed by atoms with E-state index in [-0.39, 0.29) is 16.9 Å². The monoisotopic (exact) mass is 593 g/mol. The minimum Gasteiger partial charge on any atom is -0.497 e. The van der Waals surface area contributed by atoms with Crippen molar-refractivity contribution in [1.29, 1.82) is 0 Å². The van der Waals surface area contributed by atoms with Gasteiger partial charge in [0.25, 0.3) is 11.8 Å². The molecule has 1 unspecified atom stereocenters. The van der Waals surface area contributed by atoms with E-state index in [4.69, 9.17) is 4.74 Å². The highest BCUT2D eigenvalue weighted by atomic mass is 32.2. The zero-order chi connectivity index (χ0) is 30.8. The van der Waals surface area contributed by atoms with Gasteiger partial charge in [0.1, 0.15) is 11.4 Å². The van der Waals surface area contributed by atoms with Gasteiger partial charge in [-0.25, -0.2) is 0 Å². The molecule has 4 aromatic rings. The standard InChI is InChI=1S/C35H35N3O4S/c1-23(2)26-13-15-28(16-14-26)36-33(39)24(3)43-31-19-17-29(18-20-31)37-35(41)32(22-25-9-8-12-30(21-25)42-4)38-34(40)27-10-6-5-7-11-27/h5-24H,1-4H3,(H,36,39)(H,37,41)(H,38,40)/b32-22-. The van der Waals surface area contributed by atoms with Crippen molar-refractivity contribution in [3.63, 3.8) is 0 Å². The number of carbonyl (C=O) groups excluding carboxylic acids is 3. The summed E-state index contributed by atoms with van der Waals surface area (Å²) in [5, 5.41) is 8.22. The SMILES string of the molecule is COc1cccc(/C=C(\NC(=O)c2ccccc2)C(=O)Nc2ccc(SC(C)C(=O)Nc3ccc(C(C)C)cc3)cc2)c1. The molecule has 0 saturated heterocycles. The number of methoxy groups -OCH3 is 1. The van der Waals surface area contributed by atoms with Gasteiger partial charge < -0.3 is 20.7 Å². The first kappa shape index (κ1) is 31.1. The lowest BCUT2D eigenvalue weighted by Gasteiger charge is -2.14. The molecule has 8 heteroatoms. The van der Waals surface area contributed by atoms with Crippen LogP contribution in [0.3, 0.4) is 0 Å². The van der Waals surface area contributed by atoms with Crippen LogP contribution < -0.4 is 20.7 Å². The zero-order valence-electron chi connectivity index (χ0n) is 24.6. The van der Waals surface area contributed by atoms with Crippen LogP contribution in [-0.2, 0) is 9.59 Å². The van der Waals surface area contributed by atoms with Crippen LogP contribution in [0.2, 0.25) is 0 Å². The van der Waals surface area contributed by atoms with Crippen LogP contribution in [0.25, 0.3) is 6.08 Å². The summed E-state index contributed by atoms with van der Waals surface area (Å²) in [5.74, 6) is 0.0724. The molecule has 0 heterocycles. The summed E-state index contributed by atoms with van der Waals surface area (Å²) in [6.45, 7) is 6.11. The maximum Gasteiger partial charge on any atom is 0.272 e. The largest absolute Gasteiger partial charge is 0.497 e. The van der Waals surface area contributed by atoms with E-state index in [9.17, 15) is 14.4 Å². The third-order valence-corrected chi connectivity index (χ3v) is 7.68. The molecule has 0 spiro atoms. The van der Waals surface area contributed by atoms with E-state index in [0.29, 0.717) is 28.5 Å². The van der Waals surface area contributed by atoms with Crippen molar-refractivity contribution < 1.29 is 19.1 Å². The lowest BCUT2D eigenvalue weighted by atomic mass is 10.0. The fraction of sp³-hybridized carbons (Fsp3) is 0.171. The quantitative estimate of drug-likeness (QED) is 0.125. The summed E-state index contributed by atoms with van der Waals surface area (Å²) in [5.41, 5.74) is 3.72. The summed E-state index contributed by atoms with van der Waals surface area (Å²) in [7, 11) is 1.56. The van der Waals surface area contributed by atoms with Gasteiger partial charge in [0.15, 0.2) is 0 Å². The van der Waals surface area contributed by atoms with Gasteiger partial charge in [0, 0.05) is 21.8 Å². The van der Waals surface area contributed by atoms with Gasteiger partial charge in [0.05, 0.1) is 12.4 Å². The summed E-state index contributed by atoms with van der Waals surface area (Å²) in [6.07, 6.45) is 1.60. The molecule has 0 bridgehead atoms. The van der Waals surface area contributed by atoms with E-state index in [1.54, 1.807) is 67.8 Å². The highest BCUT2D eigenvalue weighted by molar-refractivity contribution is 8.00. The number of benzene rings is 4. The average Bonchev–Trinajstić information content (AvgIpc) is 3.02. The van der Waals surface area contributed by atoms with E-state index in [1.807, 2.05) is 55.5 Å². The van der Waals surface area contributed by atoms with Crippen LogP contribution in [0.1, 0.15) is 48.2 Å². The van der Waals surface area contributed by atoms with Gasteiger partial charge in [-0.3, -0.25) is 14.4 Å². The number of anilines is 2. The van der Waals surface area contributed by atoms with Crippen LogP contribution in [0.15, 0.2) is 114 Å². The second-order valence-electron chi connectivity index (χ2n) is 10.2. The molecule has 0 saturated carbocycles. The van der Waals surface area contributed by atoms with E-state index in [2.05, 4.69) is 29.8 Å². The Morgan fingerprint density at radius 3 is 2.07 bits per heavy atom. The molecule has 0 radical (unpaired) electrons. The van der Waals surface area contributed by atoms with E-state index in [1.165, 1.54) is 17.3 Å². The van der Waals surface area contributed by atoms with Gasteiger partial charge in [-0.2, -0.15) is 0 Å². The van der Waals surface area contributed by atoms with Crippen molar-refractivity contribution in [2.24, 2.45) is 0 Å². The molecule has 4 rings (SSSR count). The Kier molecular flexibility index (Phi) is 10.8. The number of hydrogen-bond acceptors (Lipinski definition) is 5. The first-order valence-electron chi connectivity index (χ1n) is 13.9. The highest BCUT2D eigenvalue weighted by Gasteiger charge is 2.17. The molecule has 1 atom stereocenters. The molecule has 0 aliphatic heterocycles. The first-order valence-corrected chi connectivity index (χ1v) is 14.8. The van der Waals surface area contributed by atoms with E-state index >= 15 is 0 Å². The molecule has 0 aliphatic rings. The molecular weight excluding hydrogens is 558 g/mol. The Labute approximate surface area is 256 Å². The lowest BCUT2D eigenvalue weighted by molar-refractivity contribution is -0.115. The Balaban J connectivity index is 1.42. The second kappa shape index (κ2) is 14.9. The normalized spacial score (nSPS) is 11.9. The zero-order valence-corrected chi connectivity index (χ0v) is 25.4. The molecule has 7 nitrogen and oxygen atoms in total. The van der Waals surface area contributed by atoms with Crippen molar-refractivity contribution in [2.75, 3.05) is 17.7 Å². The Morgan fingerprint density at radius 1 is 0.767 bits per heavy atom. The summed E-state index contributed by atoms with van der Waals surface area (Å²) in [6, 6.07) is 31.0. The highest BCUT2D eigenvalue weighted by Crippen LogP contribution is 2.26. The Hall–Kier alpha value is -4.82. The van der Waals surface area contributed by atoms with Gasteiger partial charge >= 0.3 is 0 Å². The average molecular weight is 594 g/mol. The molecule has 3 N–H and O–H groups in total. The lowest BCUT2D eigenvalue weighted by Crippen LogP contribution is -2.30. The number of amides is 3. The fourth-order valence-corrected chi connectivity index (χ4v) is 4.98. The number of carbonyl (C=O) groups is 3. The van der Waals surface area contributed by atoms with Gasteiger partial charge in [-0.15, -0.1) is 11.8 Å². The summed E-state index contributed by atoms with van der Waals surface area (Å²) >= 11 is 1.42.